The fourth-order valence-corrected chi connectivity index (χ4v) is 5.41. The summed E-state index contributed by atoms with van der Waals surface area (Å²) in [7, 11) is -7.83. The molecule has 0 aliphatic carbocycles. The van der Waals surface area contributed by atoms with Crippen molar-refractivity contribution >= 4 is 37.3 Å². The monoisotopic (exact) mass is 469 g/mol. The standard InChI is InChI=1S/C20H27N3O6S2/c1-5-23(6-2)31(27,28)18-12-13-20(29-7-3)19(14-18)22-30(25,26)17-10-8-16(9-11-17)21-15(4)24/h8-14,22H,5-7H2,1-4H3,(H,21,24). The lowest BCUT2D eigenvalue weighted by Gasteiger charge is -2.20. The van der Waals surface area contributed by atoms with Gasteiger partial charge in [-0.15, -0.1) is 0 Å². The molecule has 0 saturated carbocycles. The average Bonchev–Trinajstić information content (AvgIpc) is 2.70. The molecule has 0 aromatic heterocycles. The number of ether oxygens (including phenoxy) is 1. The van der Waals surface area contributed by atoms with Crippen LogP contribution in [0.25, 0.3) is 0 Å². The Morgan fingerprint density at radius 3 is 2.03 bits per heavy atom. The van der Waals surface area contributed by atoms with E-state index in [1.54, 1.807) is 20.8 Å². The first-order chi connectivity index (χ1) is 14.5. The summed E-state index contributed by atoms with van der Waals surface area (Å²) in [5, 5.41) is 2.56. The zero-order chi connectivity index (χ0) is 23.2. The molecular formula is C20H27N3O6S2. The van der Waals surface area contributed by atoms with Crippen LogP contribution in [0.5, 0.6) is 5.75 Å². The van der Waals surface area contributed by atoms with Gasteiger partial charge >= 0.3 is 0 Å². The Morgan fingerprint density at radius 2 is 1.52 bits per heavy atom. The summed E-state index contributed by atoms with van der Waals surface area (Å²) in [5.74, 6) is -0.0687. The lowest BCUT2D eigenvalue weighted by molar-refractivity contribution is -0.114. The van der Waals surface area contributed by atoms with Gasteiger partial charge in [0.05, 0.1) is 22.1 Å². The lowest BCUT2D eigenvalue weighted by atomic mass is 10.3. The largest absolute Gasteiger partial charge is 0.492 e. The fraction of sp³-hybridized carbons (Fsp3) is 0.350. The van der Waals surface area contributed by atoms with Gasteiger partial charge in [-0.2, -0.15) is 4.31 Å². The van der Waals surface area contributed by atoms with E-state index in [0.717, 1.165) is 0 Å². The van der Waals surface area contributed by atoms with Crippen LogP contribution in [0.2, 0.25) is 0 Å². The number of sulfonamides is 2. The maximum atomic E-state index is 12.9. The van der Waals surface area contributed by atoms with E-state index in [1.165, 1.54) is 53.7 Å². The molecule has 0 aliphatic heterocycles. The van der Waals surface area contributed by atoms with Gasteiger partial charge in [0.2, 0.25) is 15.9 Å². The van der Waals surface area contributed by atoms with E-state index < -0.39 is 20.0 Å². The zero-order valence-electron chi connectivity index (χ0n) is 17.9. The molecule has 0 bridgehead atoms. The van der Waals surface area contributed by atoms with Gasteiger partial charge in [-0.25, -0.2) is 16.8 Å². The topological polar surface area (TPSA) is 122 Å². The molecule has 2 aromatic carbocycles. The molecule has 170 valence electrons. The summed E-state index contributed by atoms with van der Waals surface area (Å²) >= 11 is 0. The molecule has 0 spiro atoms. The van der Waals surface area contributed by atoms with Crippen molar-refractivity contribution in [2.45, 2.75) is 37.5 Å². The third-order valence-electron chi connectivity index (χ3n) is 4.32. The molecular weight excluding hydrogens is 442 g/mol. The summed E-state index contributed by atoms with van der Waals surface area (Å²) < 4.78 is 60.6. The number of nitrogens with one attached hydrogen (secondary N) is 2. The number of anilines is 2. The van der Waals surface area contributed by atoms with Crippen LogP contribution in [0.15, 0.2) is 52.3 Å². The number of hydrogen-bond acceptors (Lipinski definition) is 6. The maximum absolute atomic E-state index is 12.9. The molecule has 2 N–H and O–H groups in total. The number of nitrogens with zero attached hydrogens (tertiary/aromatic N) is 1. The van der Waals surface area contributed by atoms with Crippen molar-refractivity contribution in [2.75, 3.05) is 29.7 Å². The molecule has 0 atom stereocenters. The third kappa shape index (κ3) is 5.96. The second-order valence-electron chi connectivity index (χ2n) is 6.49. The van der Waals surface area contributed by atoms with Gasteiger partial charge in [0.25, 0.3) is 10.0 Å². The Bertz CT molecular complexity index is 1130. The Balaban J connectivity index is 2.44. The molecule has 11 heteroatoms. The Kier molecular flexibility index (Phi) is 8.04. The van der Waals surface area contributed by atoms with E-state index in [9.17, 15) is 21.6 Å². The molecule has 0 saturated heterocycles. The summed E-state index contributed by atoms with van der Waals surface area (Å²) in [5.41, 5.74) is 0.467. The van der Waals surface area contributed by atoms with Crippen molar-refractivity contribution in [3.8, 4) is 5.75 Å². The van der Waals surface area contributed by atoms with Crippen molar-refractivity contribution in [3.63, 3.8) is 0 Å². The van der Waals surface area contributed by atoms with Crippen LogP contribution in [-0.2, 0) is 24.8 Å². The Hall–Kier alpha value is -2.63. The summed E-state index contributed by atoms with van der Waals surface area (Å²) in [6, 6.07) is 9.66. The minimum absolute atomic E-state index is 0.0148. The quantitative estimate of drug-likeness (QED) is 0.552. The van der Waals surface area contributed by atoms with Gasteiger partial charge in [-0.1, -0.05) is 13.8 Å². The zero-order valence-corrected chi connectivity index (χ0v) is 19.5. The highest BCUT2D eigenvalue weighted by atomic mass is 32.2. The normalized spacial score (nSPS) is 11.9. The first-order valence-corrected chi connectivity index (χ1v) is 12.6. The molecule has 2 rings (SSSR count). The van der Waals surface area contributed by atoms with Gasteiger partial charge in [0.1, 0.15) is 5.75 Å². The summed E-state index contributed by atoms with van der Waals surface area (Å²) in [4.78, 5) is 11.0. The lowest BCUT2D eigenvalue weighted by Crippen LogP contribution is -2.30. The minimum Gasteiger partial charge on any atom is -0.492 e. The van der Waals surface area contributed by atoms with Crippen molar-refractivity contribution in [1.82, 2.24) is 4.31 Å². The predicted octanol–water partition coefficient (Wildman–Crippen LogP) is 2.88. The van der Waals surface area contributed by atoms with E-state index in [-0.39, 0.29) is 46.8 Å². The number of hydrogen-bond donors (Lipinski definition) is 2. The van der Waals surface area contributed by atoms with E-state index in [4.69, 9.17) is 4.74 Å². The number of carbonyl (C=O) groups is 1. The average molecular weight is 470 g/mol. The molecule has 0 radical (unpaired) electrons. The molecule has 1 amide bonds. The highest BCUT2D eigenvalue weighted by Gasteiger charge is 2.24. The van der Waals surface area contributed by atoms with Crippen molar-refractivity contribution in [1.29, 1.82) is 0 Å². The van der Waals surface area contributed by atoms with Gasteiger partial charge in [-0.3, -0.25) is 9.52 Å². The van der Waals surface area contributed by atoms with E-state index in [1.807, 2.05) is 0 Å². The van der Waals surface area contributed by atoms with Crippen LogP contribution in [0.1, 0.15) is 27.7 Å². The number of benzene rings is 2. The molecule has 31 heavy (non-hydrogen) atoms. The first kappa shape index (κ1) is 24.6. The maximum Gasteiger partial charge on any atom is 0.262 e. The van der Waals surface area contributed by atoms with Crippen molar-refractivity contribution in [2.24, 2.45) is 0 Å². The first-order valence-electron chi connectivity index (χ1n) is 9.72. The van der Waals surface area contributed by atoms with Gasteiger partial charge in [0.15, 0.2) is 0 Å². The third-order valence-corrected chi connectivity index (χ3v) is 7.75. The highest BCUT2D eigenvalue weighted by molar-refractivity contribution is 7.92. The predicted molar refractivity (Wildman–Crippen MR) is 119 cm³/mol. The Labute approximate surface area is 183 Å². The second kappa shape index (κ2) is 10.1. The number of amides is 1. The molecule has 0 aliphatic rings. The van der Waals surface area contributed by atoms with Crippen molar-refractivity contribution in [3.05, 3.63) is 42.5 Å². The number of carbonyl (C=O) groups excluding carboxylic acids is 1. The molecule has 0 fully saturated rings. The van der Waals surface area contributed by atoms with Crippen LogP contribution >= 0.6 is 0 Å². The van der Waals surface area contributed by atoms with Crippen LogP contribution in [-0.4, -0.2) is 46.7 Å². The molecule has 0 heterocycles. The van der Waals surface area contributed by atoms with E-state index in [0.29, 0.717) is 5.69 Å². The van der Waals surface area contributed by atoms with E-state index >= 15 is 0 Å². The molecule has 0 unspecified atom stereocenters. The Morgan fingerprint density at radius 1 is 0.935 bits per heavy atom. The molecule has 2 aromatic rings. The van der Waals surface area contributed by atoms with Crippen LogP contribution in [0.4, 0.5) is 11.4 Å². The van der Waals surface area contributed by atoms with E-state index in [2.05, 4.69) is 10.0 Å². The SMILES string of the molecule is CCOc1ccc(S(=O)(=O)N(CC)CC)cc1NS(=O)(=O)c1ccc(NC(C)=O)cc1. The molecule has 9 nitrogen and oxygen atoms in total. The van der Waals surface area contributed by atoms with Crippen molar-refractivity contribution < 1.29 is 26.4 Å². The minimum atomic E-state index is -4.04. The number of rotatable bonds is 10. The van der Waals surface area contributed by atoms with Gasteiger partial charge in [0, 0.05) is 25.7 Å². The van der Waals surface area contributed by atoms with Crippen LogP contribution in [0.3, 0.4) is 0 Å². The van der Waals surface area contributed by atoms with Gasteiger partial charge < -0.3 is 10.1 Å². The van der Waals surface area contributed by atoms with Crippen LogP contribution < -0.4 is 14.8 Å². The summed E-state index contributed by atoms with van der Waals surface area (Å²) in [6.07, 6.45) is 0. The fourth-order valence-electron chi connectivity index (χ4n) is 2.87. The summed E-state index contributed by atoms with van der Waals surface area (Å²) in [6.45, 7) is 7.37. The highest BCUT2D eigenvalue weighted by Crippen LogP contribution is 2.31. The smallest absolute Gasteiger partial charge is 0.262 e. The van der Waals surface area contributed by atoms with Crippen LogP contribution in [0, 0.1) is 0 Å². The van der Waals surface area contributed by atoms with Gasteiger partial charge in [-0.05, 0) is 49.4 Å². The second-order valence-corrected chi connectivity index (χ2v) is 10.1.